The first kappa shape index (κ1) is 12.4. The summed E-state index contributed by atoms with van der Waals surface area (Å²) >= 11 is 0. The van der Waals surface area contributed by atoms with Crippen molar-refractivity contribution in [2.24, 2.45) is 0 Å². The molecule has 16 heavy (non-hydrogen) atoms. The van der Waals surface area contributed by atoms with E-state index in [1.165, 1.54) is 0 Å². The van der Waals surface area contributed by atoms with Gasteiger partial charge in [-0.15, -0.1) is 0 Å². The average molecular weight is 220 g/mol. The van der Waals surface area contributed by atoms with Crippen LogP contribution in [-0.4, -0.2) is 37.7 Å². The predicted octanol–water partition coefficient (Wildman–Crippen LogP) is 1.39. The van der Waals surface area contributed by atoms with Gasteiger partial charge < -0.3 is 10.2 Å². The third-order valence-electron chi connectivity index (χ3n) is 2.12. The monoisotopic (exact) mass is 220 g/mol. The number of nitrogens with one attached hydrogen (secondary N) is 1. The second-order valence-electron chi connectivity index (χ2n) is 3.84. The Morgan fingerprint density at radius 3 is 2.44 bits per heavy atom. The van der Waals surface area contributed by atoms with Crippen molar-refractivity contribution in [3.05, 3.63) is 29.8 Å². The van der Waals surface area contributed by atoms with Gasteiger partial charge in [0.25, 0.3) is 0 Å². The van der Waals surface area contributed by atoms with Crippen molar-refractivity contribution in [2.45, 2.75) is 6.42 Å². The number of anilines is 1. The van der Waals surface area contributed by atoms with E-state index >= 15 is 0 Å². The van der Waals surface area contributed by atoms with E-state index in [1.807, 2.05) is 19.0 Å². The second kappa shape index (κ2) is 6.02. The average Bonchev–Trinajstić information content (AvgIpc) is 2.27. The van der Waals surface area contributed by atoms with E-state index in [9.17, 15) is 9.59 Å². The van der Waals surface area contributed by atoms with Gasteiger partial charge in [-0.2, -0.15) is 0 Å². The van der Waals surface area contributed by atoms with Gasteiger partial charge >= 0.3 is 0 Å². The zero-order valence-electron chi connectivity index (χ0n) is 9.56. The molecule has 1 rings (SSSR count). The zero-order valence-corrected chi connectivity index (χ0v) is 9.56. The molecular formula is C12H16N2O2. The minimum Gasteiger partial charge on any atom is -0.326 e. The number of aldehydes is 1. The van der Waals surface area contributed by atoms with Crippen molar-refractivity contribution in [3.8, 4) is 0 Å². The molecule has 1 amide bonds. The smallest absolute Gasteiger partial charge is 0.225 e. The molecule has 0 aromatic heterocycles. The summed E-state index contributed by atoms with van der Waals surface area (Å²) in [6.45, 7) is 0.720. The maximum Gasteiger partial charge on any atom is 0.225 e. The summed E-state index contributed by atoms with van der Waals surface area (Å²) in [5.41, 5.74) is 1.32. The highest BCUT2D eigenvalue weighted by molar-refractivity contribution is 5.91. The van der Waals surface area contributed by atoms with Crippen LogP contribution in [0.4, 0.5) is 5.69 Å². The standard InChI is InChI=1S/C12H16N2O2/c1-14(2)8-7-12(16)13-11-5-3-10(9-15)4-6-11/h3-6,9H,7-8H2,1-2H3,(H,13,16). The third-order valence-corrected chi connectivity index (χ3v) is 2.12. The van der Waals surface area contributed by atoms with Crippen molar-refractivity contribution >= 4 is 17.9 Å². The molecule has 0 fully saturated rings. The molecule has 0 spiro atoms. The predicted molar refractivity (Wildman–Crippen MR) is 63.6 cm³/mol. The molecule has 0 saturated carbocycles. The summed E-state index contributed by atoms with van der Waals surface area (Å²) in [6.07, 6.45) is 1.24. The summed E-state index contributed by atoms with van der Waals surface area (Å²) in [7, 11) is 3.85. The molecule has 0 unspecified atom stereocenters. The summed E-state index contributed by atoms with van der Waals surface area (Å²) in [6, 6.07) is 6.79. The van der Waals surface area contributed by atoms with Gasteiger partial charge in [0.2, 0.25) is 5.91 Å². The Bertz CT molecular complexity index is 358. The number of benzene rings is 1. The Morgan fingerprint density at radius 1 is 1.31 bits per heavy atom. The molecule has 0 atom stereocenters. The Labute approximate surface area is 95.3 Å². The quantitative estimate of drug-likeness (QED) is 0.763. The van der Waals surface area contributed by atoms with Crippen LogP contribution in [0.1, 0.15) is 16.8 Å². The molecule has 0 aliphatic rings. The van der Waals surface area contributed by atoms with E-state index < -0.39 is 0 Å². The minimum absolute atomic E-state index is 0.0208. The maximum absolute atomic E-state index is 11.5. The first-order valence-corrected chi connectivity index (χ1v) is 5.11. The van der Waals surface area contributed by atoms with Gasteiger partial charge in [-0.3, -0.25) is 9.59 Å². The molecule has 4 nitrogen and oxygen atoms in total. The first-order chi connectivity index (χ1) is 7.61. The fourth-order valence-electron chi connectivity index (χ4n) is 1.19. The van der Waals surface area contributed by atoms with Crippen molar-refractivity contribution in [3.63, 3.8) is 0 Å². The van der Waals surface area contributed by atoms with Crippen molar-refractivity contribution in [2.75, 3.05) is 26.0 Å². The lowest BCUT2D eigenvalue weighted by Crippen LogP contribution is -2.20. The van der Waals surface area contributed by atoms with Crippen molar-refractivity contribution < 1.29 is 9.59 Å². The fraction of sp³-hybridized carbons (Fsp3) is 0.333. The highest BCUT2D eigenvalue weighted by Gasteiger charge is 2.02. The van der Waals surface area contributed by atoms with Crippen molar-refractivity contribution in [1.82, 2.24) is 4.90 Å². The summed E-state index contributed by atoms with van der Waals surface area (Å²) < 4.78 is 0. The van der Waals surface area contributed by atoms with Gasteiger partial charge in [0, 0.05) is 24.2 Å². The number of carbonyl (C=O) groups excluding carboxylic acids is 2. The Morgan fingerprint density at radius 2 is 1.94 bits per heavy atom. The van der Waals surface area contributed by atoms with Gasteiger partial charge in [-0.25, -0.2) is 0 Å². The van der Waals surface area contributed by atoms with E-state index in [4.69, 9.17) is 0 Å². The Hall–Kier alpha value is -1.68. The maximum atomic E-state index is 11.5. The summed E-state index contributed by atoms with van der Waals surface area (Å²) in [5.74, 6) is -0.0208. The van der Waals surface area contributed by atoms with Gasteiger partial charge in [-0.05, 0) is 38.4 Å². The lowest BCUT2D eigenvalue weighted by atomic mass is 10.2. The van der Waals surface area contributed by atoms with Crippen LogP contribution in [-0.2, 0) is 4.79 Å². The molecule has 1 aromatic rings. The van der Waals surface area contributed by atoms with Crippen LogP contribution in [0.25, 0.3) is 0 Å². The van der Waals surface area contributed by atoms with Gasteiger partial charge in [0.05, 0.1) is 0 Å². The number of carbonyl (C=O) groups is 2. The number of hydrogen-bond acceptors (Lipinski definition) is 3. The number of nitrogens with zero attached hydrogens (tertiary/aromatic N) is 1. The second-order valence-corrected chi connectivity index (χ2v) is 3.84. The number of amides is 1. The SMILES string of the molecule is CN(C)CCC(=O)Nc1ccc(C=O)cc1. The molecule has 1 aromatic carbocycles. The molecule has 0 aliphatic heterocycles. The van der Waals surface area contributed by atoms with E-state index in [2.05, 4.69) is 5.32 Å². The Kier molecular flexibility index (Phi) is 4.66. The van der Waals surface area contributed by atoms with E-state index in [0.29, 0.717) is 17.7 Å². The van der Waals surface area contributed by atoms with Crippen LogP contribution < -0.4 is 5.32 Å². The molecule has 0 bridgehead atoms. The van der Waals surface area contributed by atoms with Crippen LogP contribution >= 0.6 is 0 Å². The highest BCUT2D eigenvalue weighted by atomic mass is 16.1. The number of hydrogen-bond donors (Lipinski definition) is 1. The summed E-state index contributed by atoms with van der Waals surface area (Å²) in [5, 5.41) is 2.77. The van der Waals surface area contributed by atoms with Crippen LogP contribution in [0, 0.1) is 0 Å². The van der Waals surface area contributed by atoms with Crippen molar-refractivity contribution in [1.29, 1.82) is 0 Å². The van der Waals surface area contributed by atoms with Gasteiger partial charge in [0.15, 0.2) is 0 Å². The highest BCUT2D eigenvalue weighted by Crippen LogP contribution is 2.08. The molecule has 1 N–H and O–H groups in total. The van der Waals surface area contributed by atoms with Gasteiger partial charge in [-0.1, -0.05) is 0 Å². The lowest BCUT2D eigenvalue weighted by Gasteiger charge is -2.09. The summed E-state index contributed by atoms with van der Waals surface area (Å²) in [4.78, 5) is 23.8. The molecular weight excluding hydrogens is 204 g/mol. The topological polar surface area (TPSA) is 49.4 Å². The third kappa shape index (κ3) is 4.23. The van der Waals surface area contributed by atoms with Crippen LogP contribution in [0.3, 0.4) is 0 Å². The van der Waals surface area contributed by atoms with Gasteiger partial charge in [0.1, 0.15) is 6.29 Å². The Balaban J connectivity index is 2.46. The van der Waals surface area contributed by atoms with E-state index in [1.54, 1.807) is 24.3 Å². The first-order valence-electron chi connectivity index (χ1n) is 5.11. The lowest BCUT2D eigenvalue weighted by molar-refractivity contribution is -0.116. The largest absolute Gasteiger partial charge is 0.326 e. The molecule has 4 heteroatoms. The van der Waals surface area contributed by atoms with E-state index in [0.717, 1.165) is 12.8 Å². The minimum atomic E-state index is -0.0208. The van der Waals surface area contributed by atoms with Crippen LogP contribution in [0.15, 0.2) is 24.3 Å². The molecule has 0 aliphatic carbocycles. The molecule has 0 saturated heterocycles. The molecule has 0 heterocycles. The normalized spacial score (nSPS) is 10.2. The van der Waals surface area contributed by atoms with Crippen LogP contribution in [0.2, 0.25) is 0 Å². The number of rotatable bonds is 5. The molecule has 86 valence electrons. The fourth-order valence-corrected chi connectivity index (χ4v) is 1.19. The zero-order chi connectivity index (χ0) is 12.0. The van der Waals surface area contributed by atoms with Crippen LogP contribution in [0.5, 0.6) is 0 Å². The molecule has 0 radical (unpaired) electrons. The van der Waals surface area contributed by atoms with E-state index in [-0.39, 0.29) is 5.91 Å².